The van der Waals surface area contributed by atoms with E-state index in [0.717, 1.165) is 50.0 Å². The maximum Gasteiger partial charge on any atom is 0.319 e. The standard InChI is InChI=1S/C20H30N4O2/c1-14-13-15(19(25)21-16-5-3-4-6-16)7-8-18(14)23-20(26)22-17-9-11-24(2)12-10-17/h7-8,13,16-17H,3-6,9-12H2,1-2H3,(H,21,25)(H2,22,23,26). The number of anilines is 1. The summed E-state index contributed by atoms with van der Waals surface area (Å²) in [5, 5.41) is 9.06. The number of carbonyl (C=O) groups excluding carboxylic acids is 2. The van der Waals surface area contributed by atoms with Crippen LogP contribution in [0.25, 0.3) is 0 Å². The highest BCUT2D eigenvalue weighted by Crippen LogP contribution is 2.20. The molecular weight excluding hydrogens is 328 g/mol. The Hall–Kier alpha value is -2.08. The molecule has 1 aliphatic carbocycles. The van der Waals surface area contributed by atoms with Crippen molar-refractivity contribution in [3.05, 3.63) is 29.3 Å². The lowest BCUT2D eigenvalue weighted by molar-refractivity contribution is 0.0938. The molecule has 0 atom stereocenters. The zero-order valence-electron chi connectivity index (χ0n) is 15.8. The van der Waals surface area contributed by atoms with E-state index >= 15 is 0 Å². The van der Waals surface area contributed by atoms with Crippen LogP contribution >= 0.6 is 0 Å². The molecular formula is C20H30N4O2. The smallest absolute Gasteiger partial charge is 0.319 e. The summed E-state index contributed by atoms with van der Waals surface area (Å²) in [4.78, 5) is 26.9. The highest BCUT2D eigenvalue weighted by atomic mass is 16.2. The van der Waals surface area contributed by atoms with Crippen molar-refractivity contribution >= 4 is 17.6 Å². The molecule has 1 aromatic carbocycles. The van der Waals surface area contributed by atoms with Gasteiger partial charge in [0, 0.05) is 23.3 Å². The Bertz CT molecular complexity index is 647. The Labute approximate surface area is 155 Å². The van der Waals surface area contributed by atoms with E-state index in [1.807, 2.05) is 19.1 Å². The summed E-state index contributed by atoms with van der Waals surface area (Å²) in [6, 6.07) is 5.79. The van der Waals surface area contributed by atoms with Gasteiger partial charge < -0.3 is 20.9 Å². The molecule has 6 nitrogen and oxygen atoms in total. The molecule has 0 bridgehead atoms. The van der Waals surface area contributed by atoms with Crippen molar-refractivity contribution in [2.75, 3.05) is 25.5 Å². The second-order valence-electron chi connectivity index (χ2n) is 7.66. The summed E-state index contributed by atoms with van der Waals surface area (Å²) < 4.78 is 0. The largest absolute Gasteiger partial charge is 0.349 e. The van der Waals surface area contributed by atoms with Crippen molar-refractivity contribution in [2.45, 2.75) is 57.5 Å². The molecule has 0 aromatic heterocycles. The quantitative estimate of drug-likeness (QED) is 0.775. The van der Waals surface area contributed by atoms with Crippen molar-refractivity contribution < 1.29 is 9.59 Å². The molecule has 0 radical (unpaired) electrons. The van der Waals surface area contributed by atoms with Crippen LogP contribution in [0.3, 0.4) is 0 Å². The van der Waals surface area contributed by atoms with Gasteiger partial charge in [-0.15, -0.1) is 0 Å². The number of rotatable bonds is 4. The van der Waals surface area contributed by atoms with Crippen LogP contribution in [0.5, 0.6) is 0 Å². The van der Waals surface area contributed by atoms with Crippen LogP contribution in [-0.2, 0) is 0 Å². The van der Waals surface area contributed by atoms with E-state index in [9.17, 15) is 9.59 Å². The fourth-order valence-corrected chi connectivity index (χ4v) is 3.78. The van der Waals surface area contributed by atoms with E-state index in [-0.39, 0.29) is 18.0 Å². The van der Waals surface area contributed by atoms with Crippen LogP contribution < -0.4 is 16.0 Å². The van der Waals surface area contributed by atoms with Gasteiger partial charge in [0.15, 0.2) is 0 Å². The molecule has 3 rings (SSSR count). The second-order valence-corrected chi connectivity index (χ2v) is 7.66. The molecule has 3 N–H and O–H groups in total. The van der Waals surface area contributed by atoms with Gasteiger partial charge in [0.2, 0.25) is 0 Å². The van der Waals surface area contributed by atoms with Crippen LogP contribution in [-0.4, -0.2) is 49.1 Å². The molecule has 2 fully saturated rings. The molecule has 6 heteroatoms. The van der Waals surface area contributed by atoms with E-state index in [1.54, 1.807) is 6.07 Å². The molecule has 0 unspecified atom stereocenters. The van der Waals surface area contributed by atoms with Gasteiger partial charge in [-0.25, -0.2) is 4.79 Å². The van der Waals surface area contributed by atoms with Gasteiger partial charge in [-0.1, -0.05) is 12.8 Å². The third-order valence-corrected chi connectivity index (χ3v) is 5.48. The van der Waals surface area contributed by atoms with E-state index in [1.165, 1.54) is 12.8 Å². The van der Waals surface area contributed by atoms with Gasteiger partial charge in [-0.2, -0.15) is 0 Å². The first-order valence-corrected chi connectivity index (χ1v) is 9.69. The molecule has 1 heterocycles. The minimum atomic E-state index is -0.175. The van der Waals surface area contributed by atoms with Crippen molar-refractivity contribution in [1.82, 2.24) is 15.5 Å². The van der Waals surface area contributed by atoms with Crippen LogP contribution in [0.4, 0.5) is 10.5 Å². The normalized spacial score (nSPS) is 19.3. The first-order valence-electron chi connectivity index (χ1n) is 9.69. The SMILES string of the molecule is Cc1cc(C(=O)NC2CCCC2)ccc1NC(=O)NC1CCN(C)CC1. The number of hydrogen-bond donors (Lipinski definition) is 3. The molecule has 1 saturated carbocycles. The summed E-state index contributed by atoms with van der Waals surface area (Å²) in [6.07, 6.45) is 6.48. The van der Waals surface area contributed by atoms with Crippen LogP contribution in [0.2, 0.25) is 0 Å². The van der Waals surface area contributed by atoms with Gasteiger partial charge >= 0.3 is 6.03 Å². The van der Waals surface area contributed by atoms with Crippen molar-refractivity contribution in [2.24, 2.45) is 0 Å². The van der Waals surface area contributed by atoms with Gasteiger partial charge in [0.05, 0.1) is 0 Å². The second kappa shape index (κ2) is 8.54. The van der Waals surface area contributed by atoms with Crippen LogP contribution in [0.15, 0.2) is 18.2 Å². The fraction of sp³-hybridized carbons (Fsp3) is 0.600. The Morgan fingerprint density at radius 2 is 1.65 bits per heavy atom. The van der Waals surface area contributed by atoms with Gasteiger partial charge in [0.25, 0.3) is 5.91 Å². The zero-order chi connectivity index (χ0) is 18.5. The summed E-state index contributed by atoms with van der Waals surface area (Å²) >= 11 is 0. The Balaban J connectivity index is 1.53. The highest BCUT2D eigenvalue weighted by Gasteiger charge is 2.20. The monoisotopic (exact) mass is 358 g/mol. The van der Waals surface area contributed by atoms with E-state index in [4.69, 9.17) is 0 Å². The molecule has 1 saturated heterocycles. The number of amides is 3. The topological polar surface area (TPSA) is 73.5 Å². The lowest BCUT2D eigenvalue weighted by Crippen LogP contribution is -2.44. The summed E-state index contributed by atoms with van der Waals surface area (Å²) in [6.45, 7) is 3.93. The maximum atomic E-state index is 12.4. The van der Waals surface area contributed by atoms with Crippen LogP contribution in [0, 0.1) is 6.92 Å². The third kappa shape index (κ3) is 4.97. The molecule has 1 aliphatic heterocycles. The van der Waals surface area contributed by atoms with E-state index in [0.29, 0.717) is 11.6 Å². The molecule has 142 valence electrons. The minimum absolute atomic E-state index is 0.0256. The molecule has 1 aromatic rings. The lowest BCUT2D eigenvalue weighted by Gasteiger charge is -2.29. The van der Waals surface area contributed by atoms with Gasteiger partial charge in [0.1, 0.15) is 0 Å². The van der Waals surface area contributed by atoms with Crippen molar-refractivity contribution in [3.8, 4) is 0 Å². The van der Waals surface area contributed by atoms with E-state index < -0.39 is 0 Å². The number of piperidine rings is 1. The molecule has 3 amide bonds. The third-order valence-electron chi connectivity index (χ3n) is 5.48. The minimum Gasteiger partial charge on any atom is -0.349 e. The number of benzene rings is 1. The number of nitrogens with one attached hydrogen (secondary N) is 3. The summed E-state index contributed by atoms with van der Waals surface area (Å²) in [7, 11) is 2.10. The number of hydrogen-bond acceptors (Lipinski definition) is 3. The Morgan fingerprint density at radius 1 is 1.00 bits per heavy atom. The lowest BCUT2D eigenvalue weighted by atomic mass is 10.1. The molecule has 2 aliphatic rings. The maximum absolute atomic E-state index is 12.4. The van der Waals surface area contributed by atoms with Gasteiger partial charge in [-0.3, -0.25) is 4.79 Å². The first kappa shape index (κ1) is 18.7. The molecule has 26 heavy (non-hydrogen) atoms. The van der Waals surface area contributed by atoms with Crippen molar-refractivity contribution in [3.63, 3.8) is 0 Å². The number of likely N-dealkylation sites (tertiary alicyclic amines) is 1. The predicted molar refractivity (Wildman–Crippen MR) is 104 cm³/mol. The average Bonchev–Trinajstić information content (AvgIpc) is 3.11. The summed E-state index contributed by atoms with van der Waals surface area (Å²) in [5.41, 5.74) is 2.28. The first-order chi connectivity index (χ1) is 12.5. The zero-order valence-corrected chi connectivity index (χ0v) is 15.8. The number of urea groups is 1. The summed E-state index contributed by atoms with van der Waals surface area (Å²) in [5.74, 6) is -0.0256. The fourth-order valence-electron chi connectivity index (χ4n) is 3.78. The highest BCUT2D eigenvalue weighted by molar-refractivity contribution is 5.96. The Morgan fingerprint density at radius 3 is 2.31 bits per heavy atom. The number of nitrogens with zero attached hydrogens (tertiary/aromatic N) is 1. The number of aryl methyl sites for hydroxylation is 1. The Kier molecular flexibility index (Phi) is 6.14. The average molecular weight is 358 g/mol. The number of carbonyl (C=O) groups is 2. The van der Waals surface area contributed by atoms with E-state index in [2.05, 4.69) is 27.9 Å². The van der Waals surface area contributed by atoms with Crippen molar-refractivity contribution in [1.29, 1.82) is 0 Å². The van der Waals surface area contributed by atoms with Crippen LogP contribution in [0.1, 0.15) is 54.4 Å². The predicted octanol–water partition coefficient (Wildman–Crippen LogP) is 2.88. The molecule has 0 spiro atoms. The van der Waals surface area contributed by atoms with Gasteiger partial charge in [-0.05, 0) is 76.5 Å².